The maximum atomic E-state index is 12.2. The Kier molecular flexibility index (Phi) is 3.56. The quantitative estimate of drug-likeness (QED) is 0.836. The van der Waals surface area contributed by atoms with Crippen LogP contribution >= 0.6 is 0 Å². The molecule has 1 aromatic rings. The normalized spacial score (nSPS) is 20.3. The molecule has 0 saturated carbocycles. The molecule has 0 bridgehead atoms. The molecule has 0 aromatic heterocycles. The molecular weight excluding hydrogens is 247 g/mol. The number of epoxide rings is 1. The maximum Gasteiger partial charge on any atom is 0.471 e. The lowest BCUT2D eigenvalue weighted by Gasteiger charge is -2.17. The van der Waals surface area contributed by atoms with Gasteiger partial charge in [-0.2, -0.15) is 13.2 Å². The average molecular weight is 259 g/mol. The molecule has 0 spiro atoms. The molecule has 0 radical (unpaired) electrons. The molecule has 1 aromatic carbocycles. The summed E-state index contributed by atoms with van der Waals surface area (Å²) in [5, 5.41) is 1.98. The number of halogens is 3. The summed E-state index contributed by atoms with van der Waals surface area (Å²) in [7, 11) is 0. The first-order valence-corrected chi connectivity index (χ1v) is 5.50. The predicted molar refractivity (Wildman–Crippen MR) is 57.9 cm³/mol. The van der Waals surface area contributed by atoms with Crippen LogP contribution in [0.4, 0.5) is 13.2 Å². The number of hydrogen-bond acceptors (Lipinski definition) is 2. The van der Waals surface area contributed by atoms with Crippen LogP contribution < -0.4 is 5.32 Å². The lowest BCUT2D eigenvalue weighted by molar-refractivity contribution is -0.174. The van der Waals surface area contributed by atoms with Crippen molar-refractivity contribution in [2.45, 2.75) is 24.7 Å². The topological polar surface area (TPSA) is 41.6 Å². The fraction of sp³-hybridized carbons (Fsp3) is 0.417. The maximum absolute atomic E-state index is 12.2. The monoisotopic (exact) mass is 259 g/mol. The smallest absolute Gasteiger partial charge is 0.371 e. The van der Waals surface area contributed by atoms with Crippen LogP contribution in [0.3, 0.4) is 0 Å². The summed E-state index contributed by atoms with van der Waals surface area (Å²) in [6.07, 6.45) is -4.85. The highest BCUT2D eigenvalue weighted by Gasteiger charge is 2.43. The molecule has 98 valence electrons. The highest BCUT2D eigenvalue weighted by atomic mass is 19.4. The lowest BCUT2D eigenvalue weighted by atomic mass is 10.0. The van der Waals surface area contributed by atoms with Crippen molar-refractivity contribution in [2.24, 2.45) is 0 Å². The van der Waals surface area contributed by atoms with Crippen molar-refractivity contribution in [1.29, 1.82) is 0 Å². The third-order valence-corrected chi connectivity index (χ3v) is 2.68. The van der Waals surface area contributed by atoms with Crippen LogP contribution in [0.1, 0.15) is 5.56 Å². The van der Waals surface area contributed by atoms with Gasteiger partial charge in [0.2, 0.25) is 0 Å². The average Bonchev–Trinajstić information content (AvgIpc) is 3.12. The summed E-state index contributed by atoms with van der Waals surface area (Å²) in [5.74, 6) is -1.92. The Balaban J connectivity index is 1.99. The van der Waals surface area contributed by atoms with Gasteiger partial charge in [-0.05, 0) is 12.0 Å². The van der Waals surface area contributed by atoms with E-state index in [9.17, 15) is 18.0 Å². The summed E-state index contributed by atoms with van der Waals surface area (Å²) >= 11 is 0. The van der Waals surface area contributed by atoms with Crippen molar-refractivity contribution in [3.05, 3.63) is 35.9 Å². The Bertz CT molecular complexity index is 415. The molecule has 3 nitrogen and oxygen atoms in total. The van der Waals surface area contributed by atoms with Gasteiger partial charge in [0, 0.05) is 0 Å². The van der Waals surface area contributed by atoms with Crippen LogP contribution in [0.25, 0.3) is 0 Å². The fourth-order valence-corrected chi connectivity index (χ4v) is 1.68. The molecule has 2 rings (SSSR count). The number of carbonyl (C=O) groups is 1. The van der Waals surface area contributed by atoms with E-state index in [-0.39, 0.29) is 6.10 Å². The summed E-state index contributed by atoms with van der Waals surface area (Å²) in [6, 6.07) is 8.38. The molecule has 1 N–H and O–H groups in total. The van der Waals surface area contributed by atoms with Crippen LogP contribution in [0.2, 0.25) is 0 Å². The molecule has 18 heavy (non-hydrogen) atoms. The standard InChI is InChI=1S/C12H12F3NO2/c13-12(14,15)11(17)16-9(10-7-18-10)6-8-4-2-1-3-5-8/h1-5,9-10H,6-7H2,(H,16,17)/t9-,10+/m0/s1. The molecule has 1 aliphatic rings. The zero-order valence-corrected chi connectivity index (χ0v) is 9.41. The zero-order chi connectivity index (χ0) is 13.2. The van der Waals surface area contributed by atoms with Crippen molar-refractivity contribution in [3.8, 4) is 0 Å². The first-order chi connectivity index (χ1) is 8.47. The third kappa shape index (κ3) is 3.46. The van der Waals surface area contributed by atoms with Gasteiger partial charge in [0.05, 0.1) is 12.6 Å². The molecule has 0 aliphatic carbocycles. The summed E-state index contributed by atoms with van der Waals surface area (Å²) in [6.45, 7) is 0.385. The first kappa shape index (κ1) is 12.9. The molecule has 0 unspecified atom stereocenters. The van der Waals surface area contributed by atoms with Gasteiger partial charge in [0.15, 0.2) is 0 Å². The minimum atomic E-state index is -4.86. The van der Waals surface area contributed by atoms with Gasteiger partial charge < -0.3 is 10.1 Å². The summed E-state index contributed by atoms with van der Waals surface area (Å²) in [5.41, 5.74) is 0.862. The second-order valence-corrected chi connectivity index (χ2v) is 4.14. The van der Waals surface area contributed by atoms with Gasteiger partial charge in [-0.25, -0.2) is 0 Å². The second kappa shape index (κ2) is 4.97. The molecular formula is C12H12F3NO2. The van der Waals surface area contributed by atoms with Crippen molar-refractivity contribution in [3.63, 3.8) is 0 Å². The third-order valence-electron chi connectivity index (χ3n) is 2.68. The number of rotatable bonds is 4. The van der Waals surface area contributed by atoms with Crippen LogP contribution in [0, 0.1) is 0 Å². The van der Waals surface area contributed by atoms with E-state index in [4.69, 9.17) is 4.74 Å². The summed E-state index contributed by atoms with van der Waals surface area (Å²) in [4.78, 5) is 10.9. The van der Waals surface area contributed by atoms with Gasteiger partial charge in [0.1, 0.15) is 6.10 Å². The fourth-order valence-electron chi connectivity index (χ4n) is 1.68. The highest BCUT2D eigenvalue weighted by molar-refractivity contribution is 5.82. The van der Waals surface area contributed by atoms with Gasteiger partial charge in [-0.3, -0.25) is 4.79 Å². The molecule has 1 aliphatic heterocycles. The number of ether oxygens (including phenoxy) is 1. The number of nitrogens with one attached hydrogen (secondary N) is 1. The Morgan fingerprint density at radius 1 is 1.39 bits per heavy atom. The zero-order valence-electron chi connectivity index (χ0n) is 9.41. The van der Waals surface area contributed by atoms with Gasteiger partial charge in [-0.15, -0.1) is 0 Å². The van der Waals surface area contributed by atoms with E-state index >= 15 is 0 Å². The number of amides is 1. The van der Waals surface area contributed by atoms with Crippen molar-refractivity contribution < 1.29 is 22.7 Å². The lowest BCUT2D eigenvalue weighted by Crippen LogP contribution is -2.46. The molecule has 1 saturated heterocycles. The Hall–Kier alpha value is -1.56. The van der Waals surface area contributed by atoms with Crippen LogP contribution in [-0.2, 0) is 16.0 Å². The Morgan fingerprint density at radius 2 is 2.00 bits per heavy atom. The van der Waals surface area contributed by atoms with Crippen molar-refractivity contribution in [2.75, 3.05) is 6.61 Å². The van der Waals surface area contributed by atoms with E-state index in [1.165, 1.54) is 0 Å². The van der Waals surface area contributed by atoms with Crippen LogP contribution in [-0.4, -0.2) is 30.8 Å². The van der Waals surface area contributed by atoms with E-state index < -0.39 is 18.1 Å². The van der Waals surface area contributed by atoms with Gasteiger partial charge >= 0.3 is 12.1 Å². The first-order valence-electron chi connectivity index (χ1n) is 5.50. The van der Waals surface area contributed by atoms with Gasteiger partial charge in [-0.1, -0.05) is 30.3 Å². The highest BCUT2D eigenvalue weighted by Crippen LogP contribution is 2.21. The molecule has 6 heteroatoms. The Morgan fingerprint density at radius 3 is 2.50 bits per heavy atom. The van der Waals surface area contributed by atoms with Crippen molar-refractivity contribution >= 4 is 5.91 Å². The number of benzene rings is 1. The minimum absolute atomic E-state index is 0.323. The predicted octanol–water partition coefficient (Wildman–Crippen LogP) is 1.67. The minimum Gasteiger partial charge on any atom is -0.371 e. The molecule has 1 fully saturated rings. The molecule has 2 atom stereocenters. The Labute approximate surface area is 102 Å². The number of carbonyl (C=O) groups excluding carboxylic acids is 1. The van der Waals surface area contributed by atoms with E-state index in [2.05, 4.69) is 0 Å². The number of alkyl halides is 3. The SMILES string of the molecule is O=C(N[C@@H](Cc1ccccc1)[C@H]1CO1)C(F)(F)F. The van der Waals surface area contributed by atoms with E-state index in [0.29, 0.717) is 13.0 Å². The molecule has 1 amide bonds. The van der Waals surface area contributed by atoms with Crippen molar-refractivity contribution in [1.82, 2.24) is 5.32 Å². The molecule has 1 heterocycles. The second-order valence-electron chi connectivity index (χ2n) is 4.14. The van der Waals surface area contributed by atoms with Crippen LogP contribution in [0.15, 0.2) is 30.3 Å². The van der Waals surface area contributed by atoms with E-state index in [0.717, 1.165) is 5.56 Å². The van der Waals surface area contributed by atoms with Gasteiger partial charge in [0.25, 0.3) is 0 Å². The summed E-state index contributed by atoms with van der Waals surface area (Å²) < 4.78 is 41.5. The van der Waals surface area contributed by atoms with Crippen LogP contribution in [0.5, 0.6) is 0 Å². The van der Waals surface area contributed by atoms with E-state index in [1.54, 1.807) is 24.3 Å². The number of hydrogen-bond donors (Lipinski definition) is 1. The largest absolute Gasteiger partial charge is 0.471 e. The van der Waals surface area contributed by atoms with E-state index in [1.807, 2.05) is 11.4 Å².